The number of thiazole rings is 1. The number of carbonyl (C=O) groups is 2. The van der Waals surface area contributed by atoms with Gasteiger partial charge in [-0.15, -0.1) is 11.3 Å². The molecule has 8 nitrogen and oxygen atoms in total. The van der Waals surface area contributed by atoms with Crippen molar-refractivity contribution in [2.45, 2.75) is 19.9 Å². The van der Waals surface area contributed by atoms with Gasteiger partial charge in [0, 0.05) is 10.3 Å². The Morgan fingerprint density at radius 1 is 1.11 bits per heavy atom. The van der Waals surface area contributed by atoms with Crippen LogP contribution in [0.2, 0.25) is 0 Å². The van der Waals surface area contributed by atoms with Crippen molar-refractivity contribution in [1.82, 2.24) is 4.98 Å². The molecule has 2 aromatic carbocycles. The highest BCUT2D eigenvalue weighted by molar-refractivity contribution is 7.15. The molecule has 3 heterocycles. The Labute approximate surface area is 205 Å². The first kappa shape index (κ1) is 22.7. The van der Waals surface area contributed by atoms with Crippen LogP contribution in [0.4, 0.5) is 5.13 Å². The van der Waals surface area contributed by atoms with Gasteiger partial charge in [-0.2, -0.15) is 0 Å². The van der Waals surface area contributed by atoms with Crippen molar-refractivity contribution in [2.75, 3.05) is 19.1 Å². The molecule has 0 spiro atoms. The van der Waals surface area contributed by atoms with Crippen LogP contribution < -0.4 is 14.4 Å². The number of aromatic nitrogens is 1. The predicted molar refractivity (Wildman–Crippen MR) is 132 cm³/mol. The molecule has 0 fully saturated rings. The van der Waals surface area contributed by atoms with E-state index >= 15 is 0 Å². The molecule has 2 aromatic heterocycles. The van der Waals surface area contributed by atoms with Gasteiger partial charge in [0.1, 0.15) is 5.75 Å². The number of carbonyl (C=O) groups excluding carboxylic acids is 2. The third-order valence-electron chi connectivity index (χ3n) is 6.06. The van der Waals surface area contributed by atoms with Gasteiger partial charge < -0.3 is 19.0 Å². The van der Waals surface area contributed by atoms with Gasteiger partial charge in [-0.25, -0.2) is 4.98 Å². The summed E-state index contributed by atoms with van der Waals surface area (Å²) in [5, 5.41) is 12.0. The summed E-state index contributed by atoms with van der Waals surface area (Å²) in [6.45, 7) is 3.75. The number of aliphatic hydroxyl groups is 1. The molecule has 9 heteroatoms. The highest BCUT2D eigenvalue weighted by atomic mass is 32.1. The Hall–Kier alpha value is -4.11. The van der Waals surface area contributed by atoms with Gasteiger partial charge in [0.15, 0.2) is 28.0 Å². The van der Waals surface area contributed by atoms with Crippen LogP contribution in [0.25, 0.3) is 11.0 Å². The summed E-state index contributed by atoms with van der Waals surface area (Å²) < 4.78 is 16.4. The van der Waals surface area contributed by atoms with Gasteiger partial charge in [-0.1, -0.05) is 24.3 Å². The Balaban J connectivity index is 1.66. The fourth-order valence-corrected chi connectivity index (χ4v) is 5.07. The number of fused-ring (bicyclic) bond motifs is 1. The van der Waals surface area contributed by atoms with E-state index < -0.39 is 23.5 Å². The van der Waals surface area contributed by atoms with Crippen molar-refractivity contribution < 1.29 is 28.6 Å². The number of aryl methyl sites for hydroxylation is 2. The number of furan rings is 1. The fourth-order valence-electron chi connectivity index (χ4n) is 4.14. The lowest BCUT2D eigenvalue weighted by atomic mass is 9.95. The lowest BCUT2D eigenvalue weighted by Gasteiger charge is -2.24. The van der Waals surface area contributed by atoms with Gasteiger partial charge in [-0.05, 0) is 43.7 Å². The van der Waals surface area contributed by atoms with Gasteiger partial charge in [-0.3, -0.25) is 14.5 Å². The minimum Gasteiger partial charge on any atom is -0.503 e. The number of rotatable bonds is 6. The van der Waals surface area contributed by atoms with Crippen molar-refractivity contribution in [3.8, 4) is 11.5 Å². The van der Waals surface area contributed by atoms with Crippen molar-refractivity contribution in [1.29, 1.82) is 0 Å². The number of ether oxygens (including phenoxy) is 2. The standard InChI is InChI=1S/C26H22N2O6S/c1-13-14(2)35-26(27-13)28-21(15-8-10-17(32-3)11-9-15)20(23(30)25(28)31)22(29)19-12-16-6-5-7-18(33-4)24(16)34-19/h5-12,21,30H,1-4H3. The van der Waals surface area contributed by atoms with Crippen LogP contribution in [-0.4, -0.2) is 36.0 Å². The molecule has 4 aromatic rings. The molecule has 1 atom stereocenters. The first-order chi connectivity index (χ1) is 16.8. The van der Waals surface area contributed by atoms with E-state index in [4.69, 9.17) is 13.9 Å². The maximum absolute atomic E-state index is 13.8. The number of anilines is 1. The summed E-state index contributed by atoms with van der Waals surface area (Å²) in [5.41, 5.74) is 1.72. The second-order valence-corrected chi connectivity index (χ2v) is 9.25. The van der Waals surface area contributed by atoms with E-state index in [-0.39, 0.29) is 11.3 Å². The SMILES string of the molecule is COc1ccc(C2C(C(=O)c3cc4cccc(OC)c4o3)=C(O)C(=O)N2c2nc(C)c(C)s2)cc1. The number of methoxy groups -OCH3 is 2. The molecule has 0 radical (unpaired) electrons. The minimum atomic E-state index is -0.902. The average Bonchev–Trinajstić information content (AvgIpc) is 3.52. The molecule has 1 N–H and O–H groups in total. The van der Waals surface area contributed by atoms with Gasteiger partial charge in [0.05, 0.1) is 31.5 Å². The van der Waals surface area contributed by atoms with Crippen LogP contribution in [0.5, 0.6) is 11.5 Å². The molecule has 1 amide bonds. The largest absolute Gasteiger partial charge is 0.503 e. The maximum atomic E-state index is 13.8. The third-order valence-corrected chi connectivity index (χ3v) is 7.13. The number of nitrogens with zero attached hydrogens (tertiary/aromatic N) is 2. The van der Waals surface area contributed by atoms with Crippen molar-refractivity contribution >= 4 is 39.1 Å². The molecule has 0 aliphatic carbocycles. The highest BCUT2D eigenvalue weighted by Gasteiger charge is 2.46. The monoisotopic (exact) mass is 490 g/mol. The van der Waals surface area contributed by atoms with E-state index in [1.165, 1.54) is 23.3 Å². The minimum absolute atomic E-state index is 0.00860. The van der Waals surface area contributed by atoms with E-state index in [2.05, 4.69) is 4.98 Å². The van der Waals surface area contributed by atoms with Gasteiger partial charge >= 0.3 is 0 Å². The van der Waals surface area contributed by atoms with E-state index in [0.29, 0.717) is 33.2 Å². The van der Waals surface area contributed by atoms with Crippen LogP contribution in [0.15, 0.2) is 64.3 Å². The normalized spacial score (nSPS) is 15.8. The highest BCUT2D eigenvalue weighted by Crippen LogP contribution is 2.44. The molecule has 0 saturated carbocycles. The summed E-state index contributed by atoms with van der Waals surface area (Å²) >= 11 is 1.32. The zero-order valence-corrected chi connectivity index (χ0v) is 20.3. The van der Waals surface area contributed by atoms with Crippen LogP contribution >= 0.6 is 11.3 Å². The number of benzene rings is 2. The van der Waals surface area contributed by atoms with Gasteiger partial charge in [0.2, 0.25) is 5.78 Å². The second-order valence-electron chi connectivity index (χ2n) is 8.07. The molecule has 35 heavy (non-hydrogen) atoms. The lowest BCUT2D eigenvalue weighted by Crippen LogP contribution is -2.31. The lowest BCUT2D eigenvalue weighted by molar-refractivity contribution is -0.117. The number of amides is 1. The van der Waals surface area contributed by atoms with Crippen LogP contribution in [0, 0.1) is 13.8 Å². The van der Waals surface area contributed by atoms with Crippen molar-refractivity contribution in [3.05, 3.63) is 81.8 Å². The topological polar surface area (TPSA) is 102 Å². The molecule has 1 unspecified atom stereocenters. The smallest absolute Gasteiger partial charge is 0.296 e. The second kappa shape index (κ2) is 8.59. The Bertz CT molecular complexity index is 1480. The summed E-state index contributed by atoms with van der Waals surface area (Å²) in [6, 6.07) is 13.0. The molecule has 5 rings (SSSR count). The quantitative estimate of drug-likeness (QED) is 0.366. The predicted octanol–water partition coefficient (Wildman–Crippen LogP) is 5.31. The molecule has 1 aliphatic heterocycles. The average molecular weight is 491 g/mol. The van der Waals surface area contributed by atoms with Crippen molar-refractivity contribution in [3.63, 3.8) is 0 Å². The molecular formula is C26H22N2O6S. The first-order valence-corrected chi connectivity index (χ1v) is 11.6. The third kappa shape index (κ3) is 3.64. The number of Topliss-reactive ketones (excluding diaryl/α,β-unsaturated/α-hetero) is 1. The Morgan fingerprint density at radius 3 is 2.49 bits per heavy atom. The fraction of sp³-hybridized carbons (Fsp3) is 0.192. The maximum Gasteiger partial charge on any atom is 0.296 e. The van der Waals surface area contributed by atoms with Gasteiger partial charge in [0.25, 0.3) is 5.91 Å². The molecule has 0 saturated heterocycles. The van der Waals surface area contributed by atoms with E-state index in [0.717, 1.165) is 10.6 Å². The van der Waals surface area contributed by atoms with Crippen LogP contribution in [0.1, 0.15) is 32.7 Å². The zero-order chi connectivity index (χ0) is 24.9. The molecular weight excluding hydrogens is 468 g/mol. The van der Waals surface area contributed by atoms with Crippen LogP contribution in [0.3, 0.4) is 0 Å². The van der Waals surface area contributed by atoms with E-state index in [9.17, 15) is 14.7 Å². The van der Waals surface area contributed by atoms with E-state index in [1.54, 1.807) is 55.6 Å². The van der Waals surface area contributed by atoms with Crippen molar-refractivity contribution in [2.24, 2.45) is 0 Å². The first-order valence-electron chi connectivity index (χ1n) is 10.8. The number of ketones is 1. The summed E-state index contributed by atoms with van der Waals surface area (Å²) in [4.78, 5) is 33.9. The van der Waals surface area contributed by atoms with E-state index in [1.807, 2.05) is 13.8 Å². The summed E-state index contributed by atoms with van der Waals surface area (Å²) in [7, 11) is 3.07. The summed E-state index contributed by atoms with van der Waals surface area (Å²) in [6.07, 6.45) is 0. The number of hydrogen-bond donors (Lipinski definition) is 1. The Kier molecular flexibility index (Phi) is 5.56. The number of hydrogen-bond acceptors (Lipinski definition) is 8. The molecule has 1 aliphatic rings. The number of aliphatic hydroxyl groups excluding tert-OH is 1. The molecule has 178 valence electrons. The Morgan fingerprint density at radius 2 is 1.86 bits per heavy atom. The zero-order valence-electron chi connectivity index (χ0n) is 19.5. The number of para-hydroxylation sites is 1. The summed E-state index contributed by atoms with van der Waals surface area (Å²) in [5.74, 6) is -0.834. The molecule has 0 bridgehead atoms. The van der Waals surface area contributed by atoms with Crippen LogP contribution in [-0.2, 0) is 4.79 Å².